The van der Waals surface area contributed by atoms with Gasteiger partial charge in [-0.15, -0.1) is 11.3 Å². The van der Waals surface area contributed by atoms with Crippen molar-refractivity contribution < 1.29 is 9.90 Å². The number of aliphatic hydroxyl groups excluding tert-OH is 1. The molecule has 1 aromatic carbocycles. The topological polar surface area (TPSA) is 53.4 Å². The van der Waals surface area contributed by atoms with E-state index in [4.69, 9.17) is 11.6 Å². The van der Waals surface area contributed by atoms with Crippen molar-refractivity contribution in [1.82, 2.24) is 9.88 Å². The van der Waals surface area contributed by atoms with Gasteiger partial charge < -0.3 is 10.0 Å². The van der Waals surface area contributed by atoms with Crippen molar-refractivity contribution in [2.45, 2.75) is 45.1 Å². The van der Waals surface area contributed by atoms with Crippen LogP contribution in [0, 0.1) is 0 Å². The molecule has 3 aromatic rings. The van der Waals surface area contributed by atoms with Crippen LogP contribution in [0.5, 0.6) is 0 Å². The highest BCUT2D eigenvalue weighted by molar-refractivity contribution is 7.14. The maximum atomic E-state index is 12.8. The number of thiophene rings is 1. The van der Waals surface area contributed by atoms with Crippen molar-refractivity contribution in [3.63, 3.8) is 0 Å². The van der Waals surface area contributed by atoms with Crippen LogP contribution < -0.4 is 0 Å². The van der Waals surface area contributed by atoms with E-state index in [0.717, 1.165) is 40.1 Å². The van der Waals surface area contributed by atoms with E-state index in [1.54, 1.807) is 22.3 Å². The summed E-state index contributed by atoms with van der Waals surface area (Å²) in [6.45, 7) is 7.53. The lowest BCUT2D eigenvalue weighted by molar-refractivity contribution is 0.0474. The highest BCUT2D eigenvalue weighted by Crippen LogP contribution is 2.37. The zero-order chi connectivity index (χ0) is 22.2. The van der Waals surface area contributed by atoms with E-state index in [-0.39, 0.29) is 11.3 Å². The third-order valence-corrected chi connectivity index (χ3v) is 6.90. The largest absolute Gasteiger partial charge is 0.391 e. The van der Waals surface area contributed by atoms with E-state index in [9.17, 15) is 9.90 Å². The number of halogens is 1. The lowest BCUT2D eigenvalue weighted by atomic mass is 9.90. The molecule has 0 aliphatic carbocycles. The molecule has 1 amide bonds. The third kappa shape index (κ3) is 4.84. The van der Waals surface area contributed by atoms with Gasteiger partial charge in [0.25, 0.3) is 5.91 Å². The van der Waals surface area contributed by atoms with Gasteiger partial charge in [-0.1, -0.05) is 38.4 Å². The Balaban J connectivity index is 1.57. The van der Waals surface area contributed by atoms with E-state index >= 15 is 0 Å². The molecule has 6 heteroatoms. The number of likely N-dealkylation sites (tertiary alicyclic amines) is 1. The lowest BCUT2D eigenvalue weighted by Crippen LogP contribution is -2.42. The van der Waals surface area contributed by atoms with Crippen LogP contribution in [0.15, 0.2) is 48.0 Å². The molecule has 31 heavy (non-hydrogen) atoms. The summed E-state index contributed by atoms with van der Waals surface area (Å²) in [4.78, 5) is 20.1. The highest BCUT2D eigenvalue weighted by atomic mass is 35.5. The van der Waals surface area contributed by atoms with E-state index < -0.39 is 6.10 Å². The Morgan fingerprint density at radius 1 is 1.19 bits per heavy atom. The molecule has 4 rings (SSSR count). The average molecular weight is 455 g/mol. The first-order valence-corrected chi connectivity index (χ1v) is 11.8. The van der Waals surface area contributed by atoms with Crippen molar-refractivity contribution in [2.75, 3.05) is 13.1 Å². The number of nitrogens with zero attached hydrogens (tertiary/aromatic N) is 2. The van der Waals surface area contributed by atoms with Gasteiger partial charge >= 0.3 is 0 Å². The number of piperidine rings is 1. The number of pyridine rings is 1. The van der Waals surface area contributed by atoms with Crippen molar-refractivity contribution in [3.8, 4) is 21.6 Å². The Bertz CT molecular complexity index is 1100. The van der Waals surface area contributed by atoms with Gasteiger partial charge in [-0.25, -0.2) is 0 Å². The average Bonchev–Trinajstić information content (AvgIpc) is 3.22. The SMILES string of the molecule is CC(C)(C)c1cc(-c2csc(-c3ccc(C(=O)N4CCC[C@@H](O)C4)cc3Cl)c2)ccn1. The van der Waals surface area contributed by atoms with E-state index in [1.807, 2.05) is 24.4 Å². The first kappa shape index (κ1) is 22.0. The highest BCUT2D eigenvalue weighted by Gasteiger charge is 2.24. The van der Waals surface area contributed by atoms with Crippen molar-refractivity contribution in [1.29, 1.82) is 0 Å². The molecule has 1 atom stereocenters. The van der Waals surface area contributed by atoms with Crippen molar-refractivity contribution in [2.24, 2.45) is 0 Å². The summed E-state index contributed by atoms with van der Waals surface area (Å²) in [7, 11) is 0. The molecule has 1 fully saturated rings. The number of carbonyl (C=O) groups is 1. The van der Waals surface area contributed by atoms with E-state index in [1.165, 1.54) is 0 Å². The van der Waals surface area contributed by atoms with Crippen LogP contribution in [0.3, 0.4) is 0 Å². The molecular formula is C25H27ClN2O2S. The molecule has 162 valence electrons. The van der Waals surface area contributed by atoms with Gasteiger partial charge in [0.05, 0.1) is 11.1 Å². The van der Waals surface area contributed by atoms with Crippen LogP contribution >= 0.6 is 22.9 Å². The predicted octanol–water partition coefficient (Wildman–Crippen LogP) is 6.02. The Morgan fingerprint density at radius 2 is 2.00 bits per heavy atom. The number of aliphatic hydroxyl groups is 1. The minimum Gasteiger partial charge on any atom is -0.391 e. The minimum absolute atomic E-state index is 0.00899. The maximum absolute atomic E-state index is 12.8. The summed E-state index contributed by atoms with van der Waals surface area (Å²) in [6.07, 6.45) is 2.99. The fraction of sp³-hybridized carbons (Fsp3) is 0.360. The van der Waals surface area contributed by atoms with Crippen LogP contribution in [0.4, 0.5) is 0 Å². The first-order valence-electron chi connectivity index (χ1n) is 10.5. The second-order valence-electron chi connectivity index (χ2n) is 9.12. The summed E-state index contributed by atoms with van der Waals surface area (Å²) in [5, 5.41) is 12.5. The summed E-state index contributed by atoms with van der Waals surface area (Å²) >= 11 is 8.23. The number of hydrogen-bond acceptors (Lipinski definition) is 4. The molecule has 1 saturated heterocycles. The Morgan fingerprint density at radius 3 is 2.71 bits per heavy atom. The molecule has 0 saturated carbocycles. The molecule has 1 aliphatic rings. The Hall–Kier alpha value is -2.21. The van der Waals surface area contributed by atoms with E-state index in [2.05, 4.69) is 43.3 Å². The third-order valence-electron chi connectivity index (χ3n) is 5.63. The zero-order valence-electron chi connectivity index (χ0n) is 18.1. The fourth-order valence-electron chi connectivity index (χ4n) is 3.82. The molecule has 1 N–H and O–H groups in total. The molecule has 4 nitrogen and oxygen atoms in total. The second kappa shape index (κ2) is 8.73. The second-order valence-corrected chi connectivity index (χ2v) is 10.4. The van der Waals surface area contributed by atoms with Gasteiger partial charge in [0.15, 0.2) is 0 Å². The van der Waals surface area contributed by atoms with Crippen LogP contribution in [0.2, 0.25) is 5.02 Å². The van der Waals surface area contributed by atoms with Crippen molar-refractivity contribution >= 4 is 28.8 Å². The molecule has 0 bridgehead atoms. The monoisotopic (exact) mass is 454 g/mol. The summed E-state index contributed by atoms with van der Waals surface area (Å²) in [5.74, 6) is -0.0782. The van der Waals surface area contributed by atoms with E-state index in [0.29, 0.717) is 23.7 Å². The quantitative estimate of drug-likeness (QED) is 0.526. The van der Waals surface area contributed by atoms with Gasteiger partial charge in [0.2, 0.25) is 0 Å². The molecular weight excluding hydrogens is 428 g/mol. The molecule has 0 spiro atoms. The summed E-state index contributed by atoms with van der Waals surface area (Å²) < 4.78 is 0. The molecule has 0 radical (unpaired) electrons. The first-order chi connectivity index (χ1) is 14.7. The minimum atomic E-state index is -0.441. The predicted molar refractivity (Wildman–Crippen MR) is 128 cm³/mol. The number of carbonyl (C=O) groups excluding carboxylic acids is 1. The fourth-order valence-corrected chi connectivity index (χ4v) is 5.12. The molecule has 0 unspecified atom stereocenters. The van der Waals surface area contributed by atoms with Gasteiger partial charge in [-0.3, -0.25) is 9.78 Å². The zero-order valence-corrected chi connectivity index (χ0v) is 19.6. The number of β-amino-alcohol motifs (C(OH)–C–C–N with tert-alkyl or cyclic N) is 1. The van der Waals surface area contributed by atoms with Crippen LogP contribution in [0.1, 0.15) is 49.7 Å². The smallest absolute Gasteiger partial charge is 0.253 e. The maximum Gasteiger partial charge on any atom is 0.253 e. The van der Waals surface area contributed by atoms with Crippen LogP contribution in [-0.2, 0) is 5.41 Å². The van der Waals surface area contributed by atoms with Gasteiger partial charge in [-0.05, 0) is 59.7 Å². The number of rotatable bonds is 3. The van der Waals surface area contributed by atoms with Gasteiger partial charge in [0.1, 0.15) is 0 Å². The van der Waals surface area contributed by atoms with Crippen molar-refractivity contribution in [3.05, 3.63) is 64.3 Å². The number of aromatic nitrogens is 1. The molecule has 3 heterocycles. The standard InChI is InChI=1S/C25H27ClN2O2S/c1-25(2,3)23-13-16(8-9-27-23)18-12-22(31-15-18)20-7-6-17(11-21(20)26)24(30)28-10-4-5-19(29)14-28/h6-9,11-13,15,19,29H,4-5,10,14H2,1-3H3/t19-/m1/s1. The molecule has 2 aromatic heterocycles. The number of hydrogen-bond donors (Lipinski definition) is 1. The van der Waals surface area contributed by atoms with Gasteiger partial charge in [0, 0.05) is 46.4 Å². The number of benzene rings is 1. The Kier molecular flexibility index (Phi) is 6.20. The Labute approximate surface area is 192 Å². The summed E-state index contributed by atoms with van der Waals surface area (Å²) in [5.41, 5.74) is 4.79. The normalized spacial score (nSPS) is 17.1. The van der Waals surface area contributed by atoms with Crippen LogP contribution in [0.25, 0.3) is 21.6 Å². The van der Waals surface area contributed by atoms with Crippen LogP contribution in [-0.4, -0.2) is 40.1 Å². The number of amides is 1. The molecule has 1 aliphatic heterocycles. The lowest BCUT2D eigenvalue weighted by Gasteiger charge is -2.30. The summed E-state index contributed by atoms with van der Waals surface area (Å²) in [6, 6.07) is 11.8. The van der Waals surface area contributed by atoms with Gasteiger partial charge in [-0.2, -0.15) is 0 Å².